The number of rotatable bonds is 6. The molecule has 1 aromatic carbocycles. The van der Waals surface area contributed by atoms with Gasteiger partial charge in [0.25, 0.3) is 0 Å². The van der Waals surface area contributed by atoms with Gasteiger partial charge < -0.3 is 10.1 Å². The first-order valence-electron chi connectivity index (χ1n) is 9.63. The predicted octanol–water partition coefficient (Wildman–Crippen LogP) is 3.79. The van der Waals surface area contributed by atoms with Crippen molar-refractivity contribution in [2.24, 2.45) is 17.8 Å². The molecular weight excluding hydrogens is 346 g/mol. The average molecular weight is 374 g/mol. The second kappa shape index (κ2) is 7.26. The largest absolute Gasteiger partial charge is 0.465 e. The molecule has 5 heteroatoms. The van der Waals surface area contributed by atoms with Crippen molar-refractivity contribution in [1.29, 1.82) is 0 Å². The first-order chi connectivity index (χ1) is 12.5. The summed E-state index contributed by atoms with van der Waals surface area (Å²) in [6, 6.07) is 7.19. The summed E-state index contributed by atoms with van der Waals surface area (Å²) < 4.78 is 5.08. The lowest BCUT2D eigenvalue weighted by molar-refractivity contribution is -0.118. The van der Waals surface area contributed by atoms with Gasteiger partial charge in [0.2, 0.25) is 5.91 Å². The first kappa shape index (κ1) is 17.9. The zero-order valence-electron chi connectivity index (χ0n) is 15.3. The van der Waals surface area contributed by atoms with E-state index in [1.54, 1.807) is 12.1 Å². The van der Waals surface area contributed by atoms with E-state index >= 15 is 0 Å². The van der Waals surface area contributed by atoms with Crippen LogP contribution in [0.3, 0.4) is 0 Å². The predicted molar refractivity (Wildman–Crippen MR) is 103 cm³/mol. The van der Waals surface area contributed by atoms with E-state index in [4.69, 9.17) is 4.74 Å². The zero-order valence-corrected chi connectivity index (χ0v) is 16.1. The Hall–Kier alpha value is -1.49. The van der Waals surface area contributed by atoms with Gasteiger partial charge in [-0.25, -0.2) is 4.79 Å². The van der Waals surface area contributed by atoms with Crippen molar-refractivity contribution in [3.05, 3.63) is 35.4 Å². The molecule has 4 nitrogen and oxygen atoms in total. The summed E-state index contributed by atoms with van der Waals surface area (Å²) in [6.07, 6.45) is 8.29. The fourth-order valence-corrected chi connectivity index (χ4v) is 7.15. The highest BCUT2D eigenvalue weighted by molar-refractivity contribution is 8.01. The smallest absolute Gasteiger partial charge is 0.337 e. The summed E-state index contributed by atoms with van der Waals surface area (Å²) in [5.41, 5.74) is 1.52. The number of nitrogens with one attached hydrogen (secondary N) is 1. The summed E-state index contributed by atoms with van der Waals surface area (Å²) in [5, 5.41) is 3.02. The lowest BCUT2D eigenvalue weighted by Gasteiger charge is -2.56. The minimum atomic E-state index is -0.340. The van der Waals surface area contributed by atoms with Gasteiger partial charge in [0.05, 0.1) is 18.4 Å². The molecule has 0 saturated heterocycles. The number of amides is 1. The molecule has 0 aliphatic heterocycles. The Morgan fingerprint density at radius 1 is 1.08 bits per heavy atom. The number of carbonyl (C=O) groups excluding carboxylic acids is 2. The van der Waals surface area contributed by atoms with Gasteiger partial charge in [-0.3, -0.25) is 4.79 Å². The van der Waals surface area contributed by atoms with E-state index in [1.807, 2.05) is 23.9 Å². The van der Waals surface area contributed by atoms with Gasteiger partial charge in [0.1, 0.15) is 0 Å². The van der Waals surface area contributed by atoms with Crippen molar-refractivity contribution in [3.63, 3.8) is 0 Å². The molecule has 0 atom stereocenters. The van der Waals surface area contributed by atoms with Crippen LogP contribution in [0.25, 0.3) is 0 Å². The van der Waals surface area contributed by atoms with E-state index in [2.05, 4.69) is 5.32 Å². The monoisotopic (exact) mass is 373 g/mol. The molecule has 140 valence electrons. The number of methoxy groups -OCH3 is 1. The molecule has 0 spiro atoms. The molecule has 4 fully saturated rings. The number of hydrogen-bond acceptors (Lipinski definition) is 4. The van der Waals surface area contributed by atoms with Crippen molar-refractivity contribution >= 4 is 23.6 Å². The maximum absolute atomic E-state index is 12.3. The van der Waals surface area contributed by atoms with Crippen molar-refractivity contribution in [2.45, 2.75) is 49.8 Å². The molecule has 4 saturated carbocycles. The quantitative estimate of drug-likeness (QED) is 0.771. The molecular formula is C21H27NO3S. The van der Waals surface area contributed by atoms with Gasteiger partial charge in [-0.05, 0) is 74.0 Å². The third-order valence-electron chi connectivity index (χ3n) is 6.36. The van der Waals surface area contributed by atoms with E-state index in [0.717, 1.165) is 23.3 Å². The van der Waals surface area contributed by atoms with Crippen molar-refractivity contribution < 1.29 is 14.3 Å². The van der Waals surface area contributed by atoms with E-state index in [-0.39, 0.29) is 11.9 Å². The second-order valence-electron chi connectivity index (χ2n) is 8.35. The maximum atomic E-state index is 12.3. The van der Waals surface area contributed by atoms with E-state index < -0.39 is 0 Å². The van der Waals surface area contributed by atoms with Crippen LogP contribution in [0, 0.1) is 17.8 Å². The van der Waals surface area contributed by atoms with Crippen molar-refractivity contribution in [2.75, 3.05) is 12.9 Å². The summed E-state index contributed by atoms with van der Waals surface area (Å²) in [4.78, 5) is 23.8. The van der Waals surface area contributed by atoms with Gasteiger partial charge in [0.15, 0.2) is 0 Å². The lowest BCUT2D eigenvalue weighted by atomic mass is 9.56. The molecule has 4 bridgehead atoms. The topological polar surface area (TPSA) is 55.4 Å². The third kappa shape index (κ3) is 3.78. The molecule has 5 rings (SSSR count). The van der Waals surface area contributed by atoms with Crippen LogP contribution < -0.4 is 5.32 Å². The summed E-state index contributed by atoms with van der Waals surface area (Å²) >= 11 is 1.91. The van der Waals surface area contributed by atoms with Gasteiger partial charge in [-0.15, -0.1) is 11.8 Å². The van der Waals surface area contributed by atoms with Crippen molar-refractivity contribution in [3.8, 4) is 0 Å². The molecule has 4 aliphatic rings. The fraction of sp³-hybridized carbons (Fsp3) is 0.619. The Balaban J connectivity index is 1.25. The van der Waals surface area contributed by atoms with Crippen LogP contribution in [0.4, 0.5) is 0 Å². The van der Waals surface area contributed by atoms with Gasteiger partial charge in [0, 0.05) is 11.3 Å². The Kier molecular flexibility index (Phi) is 5.00. The molecule has 1 N–H and O–H groups in total. The molecule has 26 heavy (non-hydrogen) atoms. The Labute approximate surface area is 159 Å². The Morgan fingerprint density at radius 3 is 2.19 bits per heavy atom. The zero-order chi connectivity index (χ0) is 18.1. The highest BCUT2D eigenvalue weighted by atomic mass is 32.2. The summed E-state index contributed by atoms with van der Waals surface area (Å²) in [6.45, 7) is 0.502. The fourth-order valence-electron chi connectivity index (χ4n) is 5.55. The minimum Gasteiger partial charge on any atom is -0.465 e. The Bertz CT molecular complexity index is 650. The Morgan fingerprint density at radius 2 is 1.65 bits per heavy atom. The minimum absolute atomic E-state index is 0.114. The highest BCUT2D eigenvalue weighted by Gasteiger charge is 2.51. The molecule has 1 aromatic rings. The molecule has 4 aliphatic carbocycles. The lowest BCUT2D eigenvalue weighted by Crippen LogP contribution is -2.49. The average Bonchev–Trinajstić information content (AvgIpc) is 2.63. The van der Waals surface area contributed by atoms with Crippen LogP contribution in [-0.4, -0.2) is 29.5 Å². The standard InChI is InChI=1S/C21H27NO3S/c1-25-20(24)18-4-2-14(3-5-18)12-22-19(23)13-26-21-9-15-6-16(10-21)8-17(7-15)11-21/h2-5,15-17H,6-13H2,1H3,(H,22,23). The van der Waals surface area contributed by atoms with Crippen LogP contribution in [-0.2, 0) is 16.1 Å². The SMILES string of the molecule is COC(=O)c1ccc(CNC(=O)CSC23CC4CC(CC(C4)C2)C3)cc1. The number of esters is 1. The first-order valence-corrected chi connectivity index (χ1v) is 10.6. The third-order valence-corrected chi connectivity index (χ3v) is 7.88. The van der Waals surface area contributed by atoms with E-state index in [1.165, 1.54) is 45.6 Å². The summed E-state index contributed by atoms with van der Waals surface area (Å²) in [5.74, 6) is 3.10. The normalized spacial score (nSPS) is 31.7. The van der Waals surface area contributed by atoms with Gasteiger partial charge in [-0.2, -0.15) is 0 Å². The number of thioether (sulfide) groups is 1. The van der Waals surface area contributed by atoms with Crippen LogP contribution in [0.5, 0.6) is 0 Å². The molecule has 1 amide bonds. The number of ether oxygens (including phenoxy) is 1. The molecule has 0 unspecified atom stereocenters. The van der Waals surface area contributed by atoms with E-state index in [0.29, 0.717) is 22.6 Å². The highest BCUT2D eigenvalue weighted by Crippen LogP contribution is 2.60. The number of carbonyl (C=O) groups is 2. The maximum Gasteiger partial charge on any atom is 0.337 e. The number of benzene rings is 1. The molecule has 0 heterocycles. The van der Waals surface area contributed by atoms with Crippen LogP contribution >= 0.6 is 11.8 Å². The van der Waals surface area contributed by atoms with Gasteiger partial charge >= 0.3 is 5.97 Å². The van der Waals surface area contributed by atoms with Gasteiger partial charge in [-0.1, -0.05) is 12.1 Å². The molecule has 0 radical (unpaired) electrons. The van der Waals surface area contributed by atoms with Crippen molar-refractivity contribution in [1.82, 2.24) is 5.32 Å². The second-order valence-corrected chi connectivity index (χ2v) is 9.80. The number of hydrogen-bond donors (Lipinski definition) is 1. The van der Waals surface area contributed by atoms with E-state index in [9.17, 15) is 9.59 Å². The van der Waals surface area contributed by atoms with Crippen LogP contribution in [0.2, 0.25) is 0 Å². The van der Waals surface area contributed by atoms with Crippen LogP contribution in [0.15, 0.2) is 24.3 Å². The molecule has 0 aromatic heterocycles. The summed E-state index contributed by atoms with van der Waals surface area (Å²) in [7, 11) is 1.37. The van der Waals surface area contributed by atoms with Crippen LogP contribution in [0.1, 0.15) is 54.4 Å².